The van der Waals surface area contributed by atoms with Crippen molar-refractivity contribution in [3.05, 3.63) is 70.9 Å². The lowest BCUT2D eigenvalue weighted by atomic mass is 10.1. The topological polar surface area (TPSA) is 58.4 Å². The summed E-state index contributed by atoms with van der Waals surface area (Å²) in [4.78, 5) is 14.5. The minimum absolute atomic E-state index is 0.0216. The number of nitrogens with one attached hydrogen (secondary N) is 1. The molecule has 0 aliphatic rings. The molecule has 5 nitrogen and oxygen atoms in total. The molecule has 3 aromatic rings. The van der Waals surface area contributed by atoms with E-state index in [1.54, 1.807) is 0 Å². The zero-order valence-electron chi connectivity index (χ0n) is 16.1. The van der Waals surface area contributed by atoms with Gasteiger partial charge in [0.15, 0.2) is 0 Å². The first-order chi connectivity index (χ1) is 13.5. The van der Waals surface area contributed by atoms with Gasteiger partial charge in [-0.2, -0.15) is 0 Å². The van der Waals surface area contributed by atoms with Crippen LogP contribution in [0.5, 0.6) is 0 Å². The van der Waals surface area contributed by atoms with Crippen molar-refractivity contribution in [2.75, 3.05) is 18.9 Å². The molecule has 3 rings (SSSR count). The van der Waals surface area contributed by atoms with Crippen LogP contribution in [0.4, 0.5) is 5.69 Å². The maximum absolute atomic E-state index is 12.5. The summed E-state index contributed by atoms with van der Waals surface area (Å²) in [5.74, 6) is 0.838. The average molecular weight is 442 g/mol. The molecule has 1 aromatic heterocycles. The lowest BCUT2D eigenvalue weighted by molar-refractivity contribution is -0.120. The average Bonchev–Trinajstić information content (AvgIpc) is 3.17. The van der Waals surface area contributed by atoms with Gasteiger partial charge in [-0.3, -0.25) is 9.69 Å². The number of rotatable bonds is 8. The van der Waals surface area contributed by atoms with Crippen molar-refractivity contribution in [1.29, 1.82) is 0 Å². The van der Waals surface area contributed by atoms with E-state index in [-0.39, 0.29) is 11.9 Å². The highest BCUT2D eigenvalue weighted by atomic mass is 79.9. The molecule has 0 aliphatic heterocycles. The van der Waals surface area contributed by atoms with Crippen LogP contribution in [0.15, 0.2) is 69.7 Å². The van der Waals surface area contributed by atoms with Gasteiger partial charge < -0.3 is 9.84 Å². The zero-order chi connectivity index (χ0) is 19.9. The maximum Gasteiger partial charge on any atom is 0.241 e. The van der Waals surface area contributed by atoms with Crippen LogP contribution < -0.4 is 5.32 Å². The number of aromatic nitrogens is 1. The van der Waals surface area contributed by atoms with Crippen LogP contribution >= 0.6 is 15.9 Å². The van der Waals surface area contributed by atoms with Gasteiger partial charge >= 0.3 is 0 Å². The second-order valence-corrected chi connectivity index (χ2v) is 7.72. The first-order valence-corrected chi connectivity index (χ1v) is 10.1. The minimum Gasteiger partial charge on any atom is -0.361 e. The van der Waals surface area contributed by atoms with E-state index in [0.29, 0.717) is 0 Å². The van der Waals surface area contributed by atoms with Crippen molar-refractivity contribution in [2.24, 2.45) is 0 Å². The Bertz CT molecular complexity index is 911. The number of anilines is 1. The van der Waals surface area contributed by atoms with Crippen molar-refractivity contribution in [3.8, 4) is 11.3 Å². The lowest BCUT2D eigenvalue weighted by Crippen LogP contribution is -2.40. The number of hydrogen-bond donors (Lipinski definition) is 1. The third kappa shape index (κ3) is 5.53. The number of benzene rings is 2. The summed E-state index contributed by atoms with van der Waals surface area (Å²) in [6.07, 6.45) is 1.67. The Morgan fingerprint density at radius 2 is 1.96 bits per heavy atom. The van der Waals surface area contributed by atoms with E-state index in [1.807, 2.05) is 79.5 Å². The van der Waals surface area contributed by atoms with Gasteiger partial charge in [0.05, 0.1) is 6.04 Å². The second-order valence-electron chi connectivity index (χ2n) is 6.80. The minimum atomic E-state index is -0.228. The molecule has 0 saturated carbocycles. The smallest absolute Gasteiger partial charge is 0.241 e. The Labute approximate surface area is 173 Å². The summed E-state index contributed by atoms with van der Waals surface area (Å²) >= 11 is 3.42. The van der Waals surface area contributed by atoms with E-state index in [2.05, 4.69) is 26.4 Å². The van der Waals surface area contributed by atoms with Gasteiger partial charge in [0, 0.05) is 28.2 Å². The van der Waals surface area contributed by atoms with E-state index in [0.717, 1.165) is 46.6 Å². The van der Waals surface area contributed by atoms with Crippen molar-refractivity contribution in [1.82, 2.24) is 10.1 Å². The highest BCUT2D eigenvalue weighted by Crippen LogP contribution is 2.19. The van der Waals surface area contributed by atoms with Crippen molar-refractivity contribution < 1.29 is 9.32 Å². The summed E-state index contributed by atoms with van der Waals surface area (Å²) < 4.78 is 6.38. The Morgan fingerprint density at radius 3 is 2.71 bits per heavy atom. The van der Waals surface area contributed by atoms with E-state index in [9.17, 15) is 4.79 Å². The van der Waals surface area contributed by atoms with Crippen LogP contribution in [0.3, 0.4) is 0 Å². The number of likely N-dealkylation sites (N-methyl/N-ethyl adjacent to an activating group) is 1. The lowest BCUT2D eigenvalue weighted by Gasteiger charge is -2.23. The Morgan fingerprint density at radius 1 is 1.18 bits per heavy atom. The molecule has 1 unspecified atom stereocenters. The SMILES string of the molecule is CC(C(=O)Nc1cccc(Br)c1)N(C)CCCc1cc(-c2ccccc2)no1. The number of carbonyl (C=O) groups excluding carboxylic acids is 1. The molecule has 2 aromatic carbocycles. The molecule has 0 bridgehead atoms. The molecule has 0 aliphatic carbocycles. The standard InChI is InChI=1S/C22H24BrN3O2/c1-16(22(27)24-19-11-6-10-18(23)14-19)26(2)13-7-12-20-15-21(25-28-20)17-8-4-3-5-9-17/h3-6,8-11,14-16H,7,12-13H2,1-2H3,(H,24,27). The quantitative estimate of drug-likeness (QED) is 0.534. The summed E-state index contributed by atoms with van der Waals surface area (Å²) in [5, 5.41) is 7.10. The Balaban J connectivity index is 1.46. The molecule has 146 valence electrons. The highest BCUT2D eigenvalue weighted by molar-refractivity contribution is 9.10. The van der Waals surface area contributed by atoms with Crippen LogP contribution in [0.25, 0.3) is 11.3 Å². The third-order valence-corrected chi connectivity index (χ3v) is 5.19. The van der Waals surface area contributed by atoms with Crippen molar-refractivity contribution in [2.45, 2.75) is 25.8 Å². The van der Waals surface area contributed by atoms with Gasteiger partial charge in [-0.1, -0.05) is 57.5 Å². The van der Waals surface area contributed by atoms with Gasteiger partial charge in [-0.05, 0) is 45.1 Å². The molecule has 0 radical (unpaired) electrons. The fraction of sp³-hybridized carbons (Fsp3) is 0.273. The molecule has 0 fully saturated rings. The molecule has 1 N–H and O–H groups in total. The van der Waals surface area contributed by atoms with Crippen LogP contribution in [0, 0.1) is 0 Å². The van der Waals surface area contributed by atoms with E-state index in [1.165, 1.54) is 0 Å². The van der Waals surface area contributed by atoms with Crippen LogP contribution in [-0.2, 0) is 11.2 Å². The normalized spacial score (nSPS) is 12.1. The predicted molar refractivity (Wildman–Crippen MR) is 115 cm³/mol. The summed E-state index contributed by atoms with van der Waals surface area (Å²) in [6.45, 7) is 2.70. The maximum atomic E-state index is 12.5. The Kier molecular flexibility index (Phi) is 7.01. The molecular weight excluding hydrogens is 418 g/mol. The largest absolute Gasteiger partial charge is 0.361 e. The van der Waals surface area contributed by atoms with E-state index in [4.69, 9.17) is 4.52 Å². The molecule has 1 atom stereocenters. The molecule has 28 heavy (non-hydrogen) atoms. The van der Waals surface area contributed by atoms with Gasteiger partial charge in [0.1, 0.15) is 11.5 Å². The summed E-state index contributed by atoms with van der Waals surface area (Å²) in [6, 6.07) is 19.3. The van der Waals surface area contributed by atoms with Gasteiger partial charge in [-0.25, -0.2) is 0 Å². The van der Waals surface area contributed by atoms with E-state index < -0.39 is 0 Å². The first-order valence-electron chi connectivity index (χ1n) is 9.30. The third-order valence-electron chi connectivity index (χ3n) is 4.70. The number of hydrogen-bond acceptors (Lipinski definition) is 4. The number of amides is 1. The predicted octanol–water partition coefficient (Wildman–Crippen LogP) is 5.00. The second kappa shape index (κ2) is 9.66. The van der Waals surface area contributed by atoms with Crippen LogP contribution in [0.1, 0.15) is 19.1 Å². The highest BCUT2D eigenvalue weighted by Gasteiger charge is 2.18. The zero-order valence-corrected chi connectivity index (χ0v) is 17.6. The molecule has 0 saturated heterocycles. The van der Waals surface area contributed by atoms with E-state index >= 15 is 0 Å². The number of halogens is 1. The number of carbonyl (C=O) groups is 1. The molecule has 1 amide bonds. The number of aryl methyl sites for hydroxylation is 1. The fourth-order valence-electron chi connectivity index (χ4n) is 2.89. The van der Waals surface area contributed by atoms with Gasteiger partial charge in [0.25, 0.3) is 0 Å². The van der Waals surface area contributed by atoms with Gasteiger partial charge in [0.2, 0.25) is 5.91 Å². The van der Waals surface area contributed by atoms with Crippen molar-refractivity contribution >= 4 is 27.5 Å². The summed E-state index contributed by atoms with van der Waals surface area (Å²) in [5.41, 5.74) is 2.69. The Hall–Kier alpha value is -2.44. The van der Waals surface area contributed by atoms with Crippen molar-refractivity contribution in [3.63, 3.8) is 0 Å². The summed E-state index contributed by atoms with van der Waals surface area (Å²) in [7, 11) is 1.96. The molecule has 0 spiro atoms. The van der Waals surface area contributed by atoms with Gasteiger partial charge in [-0.15, -0.1) is 0 Å². The monoisotopic (exact) mass is 441 g/mol. The van der Waals surface area contributed by atoms with Crippen LogP contribution in [0.2, 0.25) is 0 Å². The fourth-order valence-corrected chi connectivity index (χ4v) is 3.28. The molecule has 1 heterocycles. The van der Waals surface area contributed by atoms with Crippen LogP contribution in [-0.4, -0.2) is 35.6 Å². The number of nitrogens with zero attached hydrogens (tertiary/aromatic N) is 2. The molecular formula is C22H24BrN3O2. The first kappa shape index (κ1) is 20.3. The molecule has 6 heteroatoms.